The van der Waals surface area contributed by atoms with Gasteiger partial charge in [-0.2, -0.15) is 0 Å². The van der Waals surface area contributed by atoms with Crippen LogP contribution >= 0.6 is 12.4 Å². The van der Waals surface area contributed by atoms with E-state index in [2.05, 4.69) is 28.7 Å². The molecule has 0 saturated heterocycles. The number of aromatic nitrogens is 2. The maximum absolute atomic E-state index is 12.5. The summed E-state index contributed by atoms with van der Waals surface area (Å²) in [7, 11) is 0. The molecule has 0 aliphatic carbocycles. The molecule has 0 fully saturated rings. The van der Waals surface area contributed by atoms with Crippen molar-refractivity contribution < 1.29 is 4.79 Å². The molecule has 0 aromatic carbocycles. The fourth-order valence-corrected chi connectivity index (χ4v) is 2.91. The summed E-state index contributed by atoms with van der Waals surface area (Å²) < 4.78 is 0. The number of imidazole rings is 1. The zero-order valence-corrected chi connectivity index (χ0v) is 16.9. The first-order valence-electron chi connectivity index (χ1n) is 9.74. The molecule has 1 aromatic rings. The average molecular weight is 373 g/mol. The number of nitrogen functional groups attached to an aromatic ring is 1. The molecule has 1 heterocycles. The lowest BCUT2D eigenvalue weighted by atomic mass is 10.1. The predicted octanol–water partition coefficient (Wildman–Crippen LogP) is 4.73. The van der Waals surface area contributed by atoms with E-state index in [1.165, 1.54) is 38.5 Å². The number of hydrogen-bond donors (Lipinski definition) is 2. The Morgan fingerprint density at radius 1 is 1.04 bits per heavy atom. The molecule has 6 heteroatoms. The van der Waals surface area contributed by atoms with E-state index in [-0.39, 0.29) is 12.4 Å². The number of carbonyl (C=O) groups excluding carboxylic acids is 1. The van der Waals surface area contributed by atoms with Crippen LogP contribution in [-0.2, 0) is 11.2 Å². The quantitative estimate of drug-likeness (QED) is 0.463. The van der Waals surface area contributed by atoms with Crippen LogP contribution in [0.5, 0.6) is 0 Å². The number of rotatable bonds is 14. The highest BCUT2D eigenvalue weighted by Gasteiger charge is 2.12. The van der Waals surface area contributed by atoms with Crippen molar-refractivity contribution in [3.63, 3.8) is 0 Å². The van der Waals surface area contributed by atoms with E-state index >= 15 is 0 Å². The fraction of sp³-hybridized carbons (Fsp3) is 0.789. The normalized spacial score (nSPS) is 10.5. The molecule has 1 aromatic heterocycles. The molecule has 25 heavy (non-hydrogen) atoms. The summed E-state index contributed by atoms with van der Waals surface area (Å²) in [4.78, 5) is 21.6. The van der Waals surface area contributed by atoms with Crippen LogP contribution in [0.25, 0.3) is 0 Å². The predicted molar refractivity (Wildman–Crippen MR) is 108 cm³/mol. The number of nitrogens with zero attached hydrogens (tertiary/aromatic N) is 2. The monoisotopic (exact) mass is 372 g/mol. The Balaban J connectivity index is 0.00000576. The summed E-state index contributed by atoms with van der Waals surface area (Å²) in [5.41, 5.74) is 6.59. The van der Waals surface area contributed by atoms with Gasteiger partial charge in [0.1, 0.15) is 0 Å². The number of anilines is 1. The van der Waals surface area contributed by atoms with Gasteiger partial charge >= 0.3 is 0 Å². The highest BCUT2D eigenvalue weighted by Crippen LogP contribution is 2.10. The van der Waals surface area contributed by atoms with E-state index in [0.717, 1.165) is 44.5 Å². The van der Waals surface area contributed by atoms with Crippen molar-refractivity contribution in [1.29, 1.82) is 0 Å². The molecule has 1 rings (SSSR count). The highest BCUT2D eigenvalue weighted by atomic mass is 35.5. The van der Waals surface area contributed by atoms with Gasteiger partial charge in [0, 0.05) is 25.2 Å². The molecule has 5 nitrogen and oxygen atoms in total. The molecule has 0 unspecified atom stereocenters. The number of aromatic amines is 1. The average Bonchev–Trinajstić information content (AvgIpc) is 2.98. The van der Waals surface area contributed by atoms with E-state index in [1.807, 2.05) is 0 Å². The third-order valence-corrected chi connectivity index (χ3v) is 4.40. The fourth-order valence-electron chi connectivity index (χ4n) is 2.91. The van der Waals surface area contributed by atoms with Crippen LogP contribution in [0.1, 0.15) is 83.7 Å². The molecule has 3 N–H and O–H groups in total. The van der Waals surface area contributed by atoms with Crippen LogP contribution in [0.3, 0.4) is 0 Å². The van der Waals surface area contributed by atoms with Gasteiger partial charge in [-0.3, -0.25) is 4.79 Å². The SMILES string of the molecule is CCCCCCN(CCCCCC)C(=O)CCCc1cnc(N)[nH]1.Cl. The van der Waals surface area contributed by atoms with Gasteiger partial charge in [0.25, 0.3) is 0 Å². The highest BCUT2D eigenvalue weighted by molar-refractivity contribution is 5.85. The summed E-state index contributed by atoms with van der Waals surface area (Å²) in [5, 5.41) is 0. The Morgan fingerprint density at radius 3 is 2.12 bits per heavy atom. The van der Waals surface area contributed by atoms with Gasteiger partial charge in [0.05, 0.1) is 6.20 Å². The van der Waals surface area contributed by atoms with E-state index < -0.39 is 0 Å². The van der Waals surface area contributed by atoms with Gasteiger partial charge in [0.2, 0.25) is 5.91 Å². The number of nitrogens with two attached hydrogens (primary N) is 1. The van der Waals surface area contributed by atoms with Gasteiger partial charge in [-0.15, -0.1) is 12.4 Å². The standard InChI is InChI=1S/C19H36N4O.ClH/c1-3-5-7-9-14-23(15-10-8-6-4-2)18(24)13-11-12-17-16-21-19(20)22-17;/h16H,3-15H2,1-2H3,(H3,20,21,22);1H. The van der Waals surface area contributed by atoms with E-state index in [4.69, 9.17) is 5.73 Å². The zero-order valence-electron chi connectivity index (χ0n) is 16.1. The molecular formula is C19H37ClN4O. The molecule has 146 valence electrons. The van der Waals surface area contributed by atoms with Crippen LogP contribution in [-0.4, -0.2) is 33.9 Å². The first-order valence-corrected chi connectivity index (χ1v) is 9.74. The number of carbonyl (C=O) groups is 1. The number of unbranched alkanes of at least 4 members (excludes halogenated alkanes) is 6. The van der Waals surface area contributed by atoms with Crippen LogP contribution in [0.15, 0.2) is 6.20 Å². The minimum absolute atomic E-state index is 0. The Bertz CT molecular complexity index is 438. The lowest BCUT2D eigenvalue weighted by Crippen LogP contribution is -2.33. The van der Waals surface area contributed by atoms with Gasteiger partial charge < -0.3 is 15.6 Å². The number of nitrogens with one attached hydrogen (secondary N) is 1. The molecular weight excluding hydrogens is 336 g/mol. The minimum Gasteiger partial charge on any atom is -0.369 e. The zero-order chi connectivity index (χ0) is 17.6. The first-order chi connectivity index (χ1) is 11.7. The molecule has 0 radical (unpaired) electrons. The molecule has 0 atom stereocenters. The number of hydrogen-bond acceptors (Lipinski definition) is 3. The first kappa shape index (κ1) is 23.8. The van der Waals surface area contributed by atoms with Crippen molar-refractivity contribution >= 4 is 24.3 Å². The summed E-state index contributed by atoms with van der Waals surface area (Å²) >= 11 is 0. The smallest absolute Gasteiger partial charge is 0.222 e. The second-order valence-corrected chi connectivity index (χ2v) is 6.65. The summed E-state index contributed by atoms with van der Waals surface area (Å²) in [5.74, 6) is 0.750. The van der Waals surface area contributed by atoms with E-state index in [9.17, 15) is 4.79 Å². The number of H-pyrrole nitrogens is 1. The van der Waals surface area contributed by atoms with Crippen LogP contribution in [0.2, 0.25) is 0 Å². The Kier molecular flexibility index (Phi) is 14.3. The second-order valence-electron chi connectivity index (χ2n) is 6.65. The van der Waals surface area contributed by atoms with Crippen molar-refractivity contribution in [3.05, 3.63) is 11.9 Å². The maximum atomic E-state index is 12.5. The molecule has 0 bridgehead atoms. The topological polar surface area (TPSA) is 75.0 Å². The van der Waals surface area contributed by atoms with Gasteiger partial charge in [-0.1, -0.05) is 52.4 Å². The van der Waals surface area contributed by atoms with E-state index in [0.29, 0.717) is 18.3 Å². The Hall–Kier alpha value is -1.23. The Labute approximate surface area is 159 Å². The minimum atomic E-state index is 0. The molecule has 1 amide bonds. The van der Waals surface area contributed by atoms with Crippen molar-refractivity contribution in [2.75, 3.05) is 18.8 Å². The summed E-state index contributed by atoms with van der Waals surface area (Å²) in [6.45, 7) is 6.27. The largest absolute Gasteiger partial charge is 0.369 e. The van der Waals surface area contributed by atoms with Crippen LogP contribution < -0.4 is 5.73 Å². The van der Waals surface area contributed by atoms with Crippen molar-refractivity contribution in [3.8, 4) is 0 Å². The van der Waals surface area contributed by atoms with Gasteiger partial charge in [0.15, 0.2) is 5.95 Å². The van der Waals surface area contributed by atoms with Gasteiger partial charge in [-0.25, -0.2) is 4.98 Å². The maximum Gasteiger partial charge on any atom is 0.222 e. The Morgan fingerprint density at radius 2 is 1.64 bits per heavy atom. The van der Waals surface area contributed by atoms with Crippen LogP contribution in [0, 0.1) is 0 Å². The van der Waals surface area contributed by atoms with Crippen molar-refractivity contribution in [2.24, 2.45) is 0 Å². The van der Waals surface area contributed by atoms with E-state index in [1.54, 1.807) is 6.20 Å². The molecule has 0 spiro atoms. The third-order valence-electron chi connectivity index (χ3n) is 4.40. The second kappa shape index (κ2) is 15.1. The van der Waals surface area contributed by atoms with Gasteiger partial charge in [-0.05, 0) is 25.7 Å². The number of amides is 1. The lowest BCUT2D eigenvalue weighted by molar-refractivity contribution is -0.131. The lowest BCUT2D eigenvalue weighted by Gasteiger charge is -2.23. The van der Waals surface area contributed by atoms with Crippen molar-refractivity contribution in [2.45, 2.75) is 84.5 Å². The molecule has 0 saturated carbocycles. The van der Waals surface area contributed by atoms with Crippen LogP contribution in [0.4, 0.5) is 5.95 Å². The summed E-state index contributed by atoms with van der Waals surface area (Å²) in [6.07, 6.45) is 13.7. The number of halogens is 1. The number of aryl methyl sites for hydroxylation is 1. The molecule has 0 aliphatic heterocycles. The molecule has 0 aliphatic rings. The summed E-state index contributed by atoms with van der Waals surface area (Å²) in [6, 6.07) is 0. The third kappa shape index (κ3) is 11.1. The van der Waals surface area contributed by atoms with Crippen molar-refractivity contribution in [1.82, 2.24) is 14.9 Å².